The quantitative estimate of drug-likeness (QED) is 0.331. The lowest BCUT2D eigenvalue weighted by atomic mass is 10.2. The molecule has 1 aromatic heterocycles. The molecule has 4 aromatic rings. The van der Waals surface area contributed by atoms with Crippen molar-refractivity contribution in [2.24, 2.45) is 0 Å². The molecular formula is C24H19ClF2N2OS. The topological polar surface area (TPSA) is 34.0 Å². The molecule has 4 rings (SSSR count). The van der Waals surface area contributed by atoms with Crippen molar-refractivity contribution in [3.8, 4) is 0 Å². The monoisotopic (exact) mass is 456 g/mol. The predicted octanol–water partition coefficient (Wildman–Crippen LogP) is 6.30. The van der Waals surface area contributed by atoms with Gasteiger partial charge in [0, 0.05) is 45.9 Å². The minimum absolute atomic E-state index is 0.236. The number of halogens is 3. The highest BCUT2D eigenvalue weighted by Crippen LogP contribution is 2.33. The van der Waals surface area contributed by atoms with Crippen LogP contribution in [0.25, 0.3) is 10.9 Å². The number of carbonyl (C=O) groups excluding carboxylic acids is 1. The van der Waals surface area contributed by atoms with Crippen LogP contribution in [0, 0.1) is 11.6 Å². The summed E-state index contributed by atoms with van der Waals surface area (Å²) in [6.07, 6.45) is 2.03. The Hall–Kier alpha value is -2.83. The van der Waals surface area contributed by atoms with E-state index >= 15 is 0 Å². The van der Waals surface area contributed by atoms with Crippen LogP contribution in [0.5, 0.6) is 0 Å². The molecule has 0 aliphatic heterocycles. The van der Waals surface area contributed by atoms with Gasteiger partial charge in [-0.1, -0.05) is 54.1 Å². The summed E-state index contributed by atoms with van der Waals surface area (Å²) in [7, 11) is 0. The van der Waals surface area contributed by atoms with Gasteiger partial charge in [-0.25, -0.2) is 8.78 Å². The number of thioether (sulfide) groups is 1. The highest BCUT2D eigenvalue weighted by Gasteiger charge is 2.16. The minimum Gasteiger partial charge on any atom is -0.350 e. The first kappa shape index (κ1) is 21.4. The third-order valence-corrected chi connectivity index (χ3v) is 6.38. The molecule has 3 aromatic carbocycles. The van der Waals surface area contributed by atoms with E-state index in [1.54, 1.807) is 11.8 Å². The maximum atomic E-state index is 13.8. The van der Waals surface area contributed by atoms with Crippen LogP contribution in [0.1, 0.15) is 15.9 Å². The van der Waals surface area contributed by atoms with Crippen molar-refractivity contribution >= 4 is 40.2 Å². The number of fused-ring (bicyclic) bond motifs is 1. The van der Waals surface area contributed by atoms with Crippen LogP contribution in [0.15, 0.2) is 77.8 Å². The van der Waals surface area contributed by atoms with Crippen LogP contribution in [0.2, 0.25) is 5.02 Å². The van der Waals surface area contributed by atoms with Crippen LogP contribution in [0.3, 0.4) is 0 Å². The first-order valence-corrected chi connectivity index (χ1v) is 11.1. The van der Waals surface area contributed by atoms with Gasteiger partial charge in [-0.2, -0.15) is 0 Å². The van der Waals surface area contributed by atoms with Crippen molar-refractivity contribution in [3.63, 3.8) is 0 Å². The normalized spacial score (nSPS) is 11.1. The summed E-state index contributed by atoms with van der Waals surface area (Å²) in [5, 5.41) is 4.44. The molecule has 0 aliphatic carbocycles. The first-order valence-electron chi connectivity index (χ1n) is 9.71. The molecule has 0 radical (unpaired) electrons. The number of amides is 1. The maximum Gasteiger partial charge on any atom is 0.257 e. The fourth-order valence-corrected chi connectivity index (χ4v) is 4.75. The molecular weight excluding hydrogens is 438 g/mol. The van der Waals surface area contributed by atoms with Crippen molar-refractivity contribution in [1.29, 1.82) is 0 Å². The summed E-state index contributed by atoms with van der Waals surface area (Å²) >= 11 is 7.96. The van der Waals surface area contributed by atoms with Gasteiger partial charge in [-0.3, -0.25) is 4.79 Å². The van der Waals surface area contributed by atoms with Crippen LogP contribution in [0.4, 0.5) is 8.78 Å². The zero-order valence-electron chi connectivity index (χ0n) is 16.4. The molecule has 0 aliphatic rings. The highest BCUT2D eigenvalue weighted by molar-refractivity contribution is 7.98. The summed E-state index contributed by atoms with van der Waals surface area (Å²) in [5.74, 6) is -1.78. The lowest BCUT2D eigenvalue weighted by molar-refractivity contribution is 0.0944. The molecule has 0 saturated carbocycles. The molecule has 1 amide bonds. The molecule has 0 bridgehead atoms. The summed E-state index contributed by atoms with van der Waals surface area (Å²) in [6, 6.07) is 19.1. The predicted molar refractivity (Wildman–Crippen MR) is 122 cm³/mol. The lowest BCUT2D eigenvalue weighted by Crippen LogP contribution is -2.28. The van der Waals surface area contributed by atoms with E-state index in [4.69, 9.17) is 11.6 Å². The standard InChI is InChI=1S/C24H19ClF2N2OS/c25-18-8-3-1-6-16(18)15-31-22-14-29(21-11-4-2-7-17(21)22)13-12-28-24(30)23-19(26)9-5-10-20(23)27/h1-11,14H,12-13,15H2,(H,28,30). The minimum atomic E-state index is -0.873. The Bertz CT molecular complexity index is 1220. The number of nitrogens with one attached hydrogen (secondary N) is 1. The number of nitrogens with zero attached hydrogens (tertiary/aromatic N) is 1. The molecule has 0 atom stereocenters. The molecule has 1 N–H and O–H groups in total. The second-order valence-electron chi connectivity index (χ2n) is 6.94. The lowest BCUT2D eigenvalue weighted by Gasteiger charge is -2.09. The van der Waals surface area contributed by atoms with Gasteiger partial charge in [-0.15, -0.1) is 11.8 Å². The number of aromatic nitrogens is 1. The van der Waals surface area contributed by atoms with Crippen LogP contribution >= 0.6 is 23.4 Å². The number of rotatable bonds is 7. The summed E-state index contributed by atoms with van der Waals surface area (Å²) in [6.45, 7) is 0.703. The number of hydrogen-bond acceptors (Lipinski definition) is 2. The van der Waals surface area contributed by atoms with Crippen molar-refractivity contribution in [2.45, 2.75) is 17.2 Å². The van der Waals surface area contributed by atoms with Gasteiger partial charge in [0.25, 0.3) is 5.91 Å². The molecule has 7 heteroatoms. The number of carbonyl (C=O) groups is 1. The maximum absolute atomic E-state index is 13.8. The van der Waals surface area contributed by atoms with E-state index in [9.17, 15) is 13.6 Å². The Balaban J connectivity index is 1.47. The number of para-hydroxylation sites is 1. The van der Waals surface area contributed by atoms with Gasteiger partial charge in [0.05, 0.1) is 0 Å². The van der Waals surface area contributed by atoms with Crippen LogP contribution < -0.4 is 5.32 Å². The largest absolute Gasteiger partial charge is 0.350 e. The smallest absolute Gasteiger partial charge is 0.257 e. The number of hydrogen-bond donors (Lipinski definition) is 1. The van der Waals surface area contributed by atoms with E-state index < -0.39 is 23.1 Å². The van der Waals surface area contributed by atoms with Gasteiger partial charge < -0.3 is 9.88 Å². The van der Waals surface area contributed by atoms with Crippen molar-refractivity contribution in [3.05, 3.63) is 101 Å². The van der Waals surface area contributed by atoms with Gasteiger partial charge in [0.15, 0.2) is 0 Å². The Morgan fingerprint density at radius 3 is 2.45 bits per heavy atom. The van der Waals surface area contributed by atoms with Gasteiger partial charge >= 0.3 is 0 Å². The van der Waals surface area contributed by atoms with E-state index in [-0.39, 0.29) is 6.54 Å². The first-order chi connectivity index (χ1) is 15.0. The summed E-state index contributed by atoms with van der Waals surface area (Å²) in [4.78, 5) is 13.3. The Kier molecular flexibility index (Phi) is 6.59. The SMILES string of the molecule is O=C(NCCn1cc(SCc2ccccc2Cl)c2ccccc21)c1c(F)cccc1F. The number of benzene rings is 3. The Morgan fingerprint density at radius 1 is 0.968 bits per heavy atom. The van der Waals surface area contributed by atoms with Crippen LogP contribution in [-0.2, 0) is 12.3 Å². The second kappa shape index (κ2) is 9.54. The van der Waals surface area contributed by atoms with Gasteiger partial charge in [0.2, 0.25) is 0 Å². The highest BCUT2D eigenvalue weighted by atomic mass is 35.5. The molecule has 0 spiro atoms. The molecule has 0 unspecified atom stereocenters. The average molecular weight is 457 g/mol. The van der Waals surface area contributed by atoms with E-state index in [2.05, 4.69) is 5.32 Å². The van der Waals surface area contributed by atoms with Crippen molar-refractivity contribution in [2.75, 3.05) is 6.54 Å². The molecule has 1 heterocycles. The third kappa shape index (κ3) is 4.75. The Morgan fingerprint density at radius 2 is 1.68 bits per heavy atom. The van der Waals surface area contributed by atoms with Crippen LogP contribution in [-0.4, -0.2) is 17.0 Å². The molecule has 0 fully saturated rings. The van der Waals surface area contributed by atoms with Gasteiger partial charge in [0.1, 0.15) is 17.2 Å². The molecule has 3 nitrogen and oxygen atoms in total. The zero-order valence-corrected chi connectivity index (χ0v) is 18.0. The fourth-order valence-electron chi connectivity index (χ4n) is 3.38. The Labute approximate surface area is 188 Å². The average Bonchev–Trinajstić information content (AvgIpc) is 3.11. The summed E-state index contributed by atoms with van der Waals surface area (Å²) < 4.78 is 29.6. The fraction of sp³-hybridized carbons (Fsp3) is 0.125. The van der Waals surface area contributed by atoms with Crippen molar-refractivity contribution < 1.29 is 13.6 Å². The second-order valence-corrected chi connectivity index (χ2v) is 8.36. The van der Waals surface area contributed by atoms with E-state index in [1.807, 2.05) is 59.3 Å². The van der Waals surface area contributed by atoms with Crippen molar-refractivity contribution in [1.82, 2.24) is 9.88 Å². The summed E-state index contributed by atoms with van der Waals surface area (Å²) in [5.41, 5.74) is 1.52. The molecule has 31 heavy (non-hydrogen) atoms. The molecule has 158 valence electrons. The van der Waals surface area contributed by atoms with E-state index in [1.165, 1.54) is 6.07 Å². The zero-order chi connectivity index (χ0) is 21.8. The van der Waals surface area contributed by atoms with E-state index in [0.29, 0.717) is 6.54 Å². The third-order valence-electron chi connectivity index (χ3n) is 4.92. The van der Waals surface area contributed by atoms with Gasteiger partial charge in [-0.05, 0) is 29.8 Å². The van der Waals surface area contributed by atoms with E-state index in [0.717, 1.165) is 44.3 Å². The molecule has 0 saturated heterocycles.